The van der Waals surface area contributed by atoms with Gasteiger partial charge in [-0.05, 0) is 0 Å². The van der Waals surface area contributed by atoms with E-state index >= 15 is 0 Å². The second-order valence-corrected chi connectivity index (χ2v) is 12.7. The molecule has 0 bridgehead atoms. The largest absolute Gasteiger partial charge is 1.00 e. The molecule has 1 aliphatic rings. The summed E-state index contributed by atoms with van der Waals surface area (Å²) < 4.78 is 88.3. The van der Waals surface area contributed by atoms with Crippen LogP contribution in [-0.2, 0) is 54.5 Å². The molecular weight excluding hydrogens is 1530 g/mol. The van der Waals surface area contributed by atoms with Crippen molar-refractivity contribution in [2.24, 2.45) is 0 Å². The first-order valence-electron chi connectivity index (χ1n) is 7.80. The van der Waals surface area contributed by atoms with Crippen LogP contribution < -0.4 is 413 Å². The molecule has 0 aromatic rings. The van der Waals surface area contributed by atoms with E-state index in [1.165, 1.54) is 0 Å². The van der Waals surface area contributed by atoms with E-state index in [-0.39, 0.29) is 563 Å². The Labute approximate surface area is 746 Å². The van der Waals surface area contributed by atoms with E-state index in [2.05, 4.69) is 27.1 Å². The van der Waals surface area contributed by atoms with Gasteiger partial charge in [-0.1, -0.05) is 0 Å². The minimum absolute atomic E-state index is 0. The van der Waals surface area contributed by atoms with Crippen LogP contribution in [-0.4, -0.2) is 245 Å². The van der Waals surface area contributed by atoms with Gasteiger partial charge in [-0.15, -0.1) is 0 Å². The Hall–Kier alpha value is 11.1. The first-order chi connectivity index (χ1) is 15.6. The summed E-state index contributed by atoms with van der Waals surface area (Å²) in [5.74, 6) is 0. The molecule has 0 unspecified atom stereocenters. The molecule has 0 heterocycles. The van der Waals surface area contributed by atoms with Gasteiger partial charge in [-0.2, -0.15) is 0 Å². The summed E-state index contributed by atoms with van der Waals surface area (Å²) in [4.78, 5) is 133. The second kappa shape index (κ2) is 172. The van der Waals surface area contributed by atoms with Crippen LogP contribution in [0.5, 0.6) is 0 Å². The molecule has 80 heteroatoms. The van der Waals surface area contributed by atoms with Gasteiger partial charge in [-0.3, -0.25) is 0 Å². The van der Waals surface area contributed by atoms with Crippen LogP contribution in [0.2, 0.25) is 0 Å². The SMILES string of the molecule is O.O.O.O.O.O.O.O.O.O.O.O.O.O.O.O.O.O.O.O.O.O.O.O.O.O.O.O.O.O.O.O.O.O.O.O.O.O.O=P([O-])([O-])O[C@H]1[C@H](OP(=O)([O-])[O-])[C@@H](OP(=O)([O-])[O-])[C@H](OP(=O)([O-])[O-])[C@@H](OP(=O)([O-])[O-])[C@H]1OP(=O)([O-])[O-].[Na+].[Na+].[Na+].[Na+].[Na+].[Na+].[Na+].[Na+].[Na+].[Na+].[Na+].[Na+]. The molecule has 0 spiro atoms. The molecule has 1 rings (SSSR count). The fraction of sp³-hybridized carbons (Fsp3) is 1.00. The van der Waals surface area contributed by atoms with Crippen LogP contribution in [0, 0.1) is 0 Å². The molecule has 62 nitrogen and oxygen atoms in total. The molecule has 0 atom stereocenters. The molecule has 520 valence electrons. The van der Waals surface area contributed by atoms with Crippen LogP contribution >= 0.6 is 46.9 Å². The Balaban J connectivity index is -0.00000000540. The number of hydrogen-bond acceptors (Lipinski definition) is 24. The van der Waals surface area contributed by atoms with Crippen molar-refractivity contribution in [1.29, 1.82) is 0 Å². The number of rotatable bonds is 12. The third-order valence-electron chi connectivity index (χ3n) is 3.45. The topological polar surface area (TPSA) is 1630 Å². The first-order valence-corrected chi connectivity index (χ1v) is 16.6. The molecule has 76 N–H and O–H groups in total. The van der Waals surface area contributed by atoms with E-state index in [1.807, 2.05) is 0 Å². The monoisotopic (exact) mass is 1610 g/mol. The standard InChI is InChI=1S/C6H18O24P6.12Na.38H2O/c7-31(8,9)25-1-2(26-32(10,11)12)4(28-34(16,17)18)6(30-36(22,23)24)5(29-35(19,20)21)3(1)27-33(13,14)15;;;;;;;;;;;;;;;;;;;;;;;;;;;;;;;;;;;;;;;;;;;;;;;;;;/h1-6H,(H2,7,8,9)(H2,10,11,12)(H2,13,14,15)(H2,16,17,18)(H2,19,20,21)(H2,22,23,24);;;;;;;;;;;;;38*1H2/q;12*+1;;;;;;;;;;;;;;;;;;;;;;;;;;;;;;;;;;;;;;/p-12/t1-,2-,3-,4+,5-,6-;;;;;;;;;;;;;;;;;;;;;;;;;;;;;;;;;;;;;;;;;;;;;;;;;;. The summed E-state index contributed by atoms with van der Waals surface area (Å²) in [5.41, 5.74) is 0. The molecule has 1 aliphatic carbocycles. The van der Waals surface area contributed by atoms with Gasteiger partial charge in [0, 0.05) is 0 Å². The fourth-order valence-corrected chi connectivity index (χ4v) is 5.96. The van der Waals surface area contributed by atoms with E-state index in [4.69, 9.17) is 0 Å². The normalized spacial score (nSPS) is 12.3. The van der Waals surface area contributed by atoms with Crippen molar-refractivity contribution in [2.75, 3.05) is 0 Å². The average Bonchev–Trinajstić information content (AvgIpc) is 2.51. The number of phosphoric ester groups is 6. The van der Waals surface area contributed by atoms with Gasteiger partial charge >= 0.3 is 355 Å². The molecule has 1 fully saturated rings. The van der Waals surface area contributed by atoms with Crippen molar-refractivity contribution in [1.82, 2.24) is 0 Å². The van der Waals surface area contributed by atoms with Crippen molar-refractivity contribution in [3.05, 3.63) is 0 Å². The van der Waals surface area contributed by atoms with Crippen molar-refractivity contribution in [3.63, 3.8) is 0 Å². The minimum Gasteiger partial charge on any atom is -0.790 e. The van der Waals surface area contributed by atoms with Crippen molar-refractivity contribution >= 4 is 46.9 Å². The van der Waals surface area contributed by atoms with Crippen molar-refractivity contribution < 1.29 is 676 Å². The Morgan fingerprint density at radius 3 is 0.198 bits per heavy atom. The molecule has 0 aromatic carbocycles. The third kappa shape index (κ3) is 199. The number of hydrogen-bond donors (Lipinski definition) is 0. The summed E-state index contributed by atoms with van der Waals surface area (Å²) in [6.07, 6.45) is -21.5. The van der Waals surface area contributed by atoms with Crippen molar-refractivity contribution in [2.45, 2.75) is 36.6 Å². The van der Waals surface area contributed by atoms with Crippen LogP contribution in [0.1, 0.15) is 0 Å². The summed E-state index contributed by atoms with van der Waals surface area (Å²) in [6.45, 7) is 0. The van der Waals surface area contributed by atoms with Crippen LogP contribution in [0.4, 0.5) is 0 Å². The fourth-order valence-electron chi connectivity index (χ4n) is 2.74. The van der Waals surface area contributed by atoms with Crippen LogP contribution in [0.15, 0.2) is 0 Å². The molecular formula is C6H82Na12O62P6. The van der Waals surface area contributed by atoms with Crippen LogP contribution in [0.3, 0.4) is 0 Å². The first kappa shape index (κ1) is 404. The molecule has 0 radical (unpaired) electrons. The van der Waals surface area contributed by atoms with E-state index in [1.54, 1.807) is 0 Å². The van der Waals surface area contributed by atoms with Gasteiger partial charge in [0.2, 0.25) is 0 Å². The molecule has 86 heavy (non-hydrogen) atoms. The summed E-state index contributed by atoms with van der Waals surface area (Å²) in [5, 5.41) is 0. The van der Waals surface area contributed by atoms with E-state index in [0.717, 1.165) is 0 Å². The second-order valence-electron chi connectivity index (χ2n) is 6.10. The maximum Gasteiger partial charge on any atom is 1.00 e. The summed E-state index contributed by atoms with van der Waals surface area (Å²) in [7, 11) is -40.1. The molecule has 1 saturated carbocycles. The zero-order valence-electron chi connectivity index (χ0n) is 46.9. The van der Waals surface area contributed by atoms with E-state index in [0.29, 0.717) is 0 Å². The van der Waals surface area contributed by atoms with Gasteiger partial charge < -0.3 is 321 Å². The summed E-state index contributed by atoms with van der Waals surface area (Å²) in [6, 6.07) is 0. The zero-order valence-corrected chi connectivity index (χ0v) is 76.3. The van der Waals surface area contributed by atoms with E-state index in [9.17, 15) is 86.1 Å². The number of phosphoric acid groups is 6. The zero-order chi connectivity index (χ0) is 28.7. The molecule has 0 aliphatic heterocycles. The maximum atomic E-state index is 11.1. The van der Waals surface area contributed by atoms with E-state index < -0.39 is 83.6 Å². The molecule has 0 saturated heterocycles. The summed E-state index contributed by atoms with van der Waals surface area (Å²) >= 11 is 0. The third-order valence-corrected chi connectivity index (χ3v) is 6.46. The average molecular weight is 1610 g/mol. The smallest absolute Gasteiger partial charge is 0.790 e. The van der Waals surface area contributed by atoms with Gasteiger partial charge in [0.05, 0.1) is 46.9 Å². The Morgan fingerprint density at radius 1 is 0.140 bits per heavy atom. The minimum atomic E-state index is -6.68. The van der Waals surface area contributed by atoms with Gasteiger partial charge in [0.1, 0.15) is 36.6 Å². The van der Waals surface area contributed by atoms with Crippen molar-refractivity contribution in [3.8, 4) is 0 Å². The maximum absolute atomic E-state index is 11.1. The Kier molecular flexibility index (Phi) is 808. The quantitative estimate of drug-likeness (QED) is 0.129. The van der Waals surface area contributed by atoms with Gasteiger partial charge in [0.15, 0.2) is 0 Å². The molecule has 0 aromatic heterocycles. The Bertz CT molecular complexity index is 882. The van der Waals surface area contributed by atoms with Gasteiger partial charge in [0.25, 0.3) is 0 Å². The predicted molar refractivity (Wildman–Crippen MR) is 212 cm³/mol. The Morgan fingerprint density at radius 2 is 0.174 bits per heavy atom. The predicted octanol–water partition coefficient (Wildman–Crippen LogP) is -78.0. The molecule has 0 amide bonds. The van der Waals surface area contributed by atoms with Gasteiger partial charge in [-0.25, -0.2) is 0 Å². The van der Waals surface area contributed by atoms with Crippen LogP contribution in [0.25, 0.3) is 0 Å².